The molecule has 4 atom stereocenters. The highest BCUT2D eigenvalue weighted by Crippen LogP contribution is 2.02. The SMILES string of the molecule is O=C[C@@H](O)[C@@H](O)[C@H](O)[C@H](O)CO.[SiH4]. The summed E-state index contributed by atoms with van der Waals surface area (Å²) in [4.78, 5) is 9.90. The molecule has 13 heavy (non-hydrogen) atoms. The molecular weight excluding hydrogens is 196 g/mol. The molecule has 0 fully saturated rings. The Bertz CT molecular complexity index is 143. The summed E-state index contributed by atoms with van der Waals surface area (Å²) in [5.41, 5.74) is 0. The monoisotopic (exact) mass is 212 g/mol. The fraction of sp³-hybridized carbons (Fsp3) is 0.833. The molecule has 0 saturated carbocycles. The minimum absolute atomic E-state index is 0. The van der Waals surface area contributed by atoms with Crippen LogP contribution in [0.2, 0.25) is 0 Å². The van der Waals surface area contributed by atoms with Crippen molar-refractivity contribution >= 4 is 17.3 Å². The molecule has 0 unspecified atom stereocenters. The Labute approximate surface area is 79.5 Å². The summed E-state index contributed by atoms with van der Waals surface area (Å²) in [6, 6.07) is 0. The van der Waals surface area contributed by atoms with E-state index in [1.165, 1.54) is 0 Å². The first-order valence-corrected chi connectivity index (χ1v) is 3.33. The predicted molar refractivity (Wildman–Crippen MR) is 48.5 cm³/mol. The van der Waals surface area contributed by atoms with E-state index in [9.17, 15) is 4.79 Å². The molecule has 0 bridgehead atoms. The van der Waals surface area contributed by atoms with E-state index in [0.717, 1.165) is 0 Å². The van der Waals surface area contributed by atoms with Crippen LogP contribution < -0.4 is 0 Å². The average Bonchev–Trinajstić information content (AvgIpc) is 2.12. The van der Waals surface area contributed by atoms with E-state index in [2.05, 4.69) is 0 Å². The van der Waals surface area contributed by atoms with Gasteiger partial charge in [-0.25, -0.2) is 0 Å². The quantitative estimate of drug-likeness (QED) is 0.230. The lowest BCUT2D eigenvalue weighted by atomic mass is 10.0. The topological polar surface area (TPSA) is 118 Å². The maximum absolute atomic E-state index is 9.90. The summed E-state index contributed by atoms with van der Waals surface area (Å²) in [7, 11) is 0. The van der Waals surface area contributed by atoms with Gasteiger partial charge in [-0.2, -0.15) is 0 Å². The number of aliphatic hydroxyl groups excluding tert-OH is 5. The summed E-state index contributed by atoms with van der Waals surface area (Å²) in [5, 5.41) is 43.5. The zero-order valence-electron chi connectivity index (χ0n) is 6.24. The summed E-state index contributed by atoms with van der Waals surface area (Å²) in [5.74, 6) is 0. The number of aliphatic hydroxyl groups is 5. The van der Waals surface area contributed by atoms with E-state index in [1.54, 1.807) is 0 Å². The van der Waals surface area contributed by atoms with Crippen molar-refractivity contribution in [2.24, 2.45) is 0 Å². The molecular formula is C6H16O6Si. The highest BCUT2D eigenvalue weighted by Gasteiger charge is 2.29. The zero-order chi connectivity index (χ0) is 9.72. The van der Waals surface area contributed by atoms with Gasteiger partial charge >= 0.3 is 0 Å². The summed E-state index contributed by atoms with van der Waals surface area (Å²) in [6.45, 7) is -0.760. The lowest BCUT2D eigenvalue weighted by Crippen LogP contribution is -2.46. The van der Waals surface area contributed by atoms with Crippen LogP contribution in [0, 0.1) is 0 Å². The van der Waals surface area contributed by atoms with Gasteiger partial charge in [-0.05, 0) is 11.0 Å². The van der Waals surface area contributed by atoms with Crippen LogP contribution in [0.5, 0.6) is 0 Å². The first kappa shape index (κ1) is 15.2. The normalized spacial score (nSPS) is 19.5. The smallest absolute Gasteiger partial charge is 0.151 e. The summed E-state index contributed by atoms with van der Waals surface area (Å²) < 4.78 is 0. The summed E-state index contributed by atoms with van der Waals surface area (Å²) in [6.07, 6.45) is -6.84. The minimum atomic E-state index is -1.79. The molecule has 0 heterocycles. The third-order valence-electron chi connectivity index (χ3n) is 1.42. The standard InChI is InChI=1S/C6H12O6.H4Si/c7-1-3(9)5(11)6(12)4(10)2-8;/h1,3-6,8-12H,2H2;1H4/t3-,4-,5-,6-;/m1./s1. The van der Waals surface area contributed by atoms with Crippen LogP contribution in [0.4, 0.5) is 0 Å². The second-order valence-electron chi connectivity index (χ2n) is 2.36. The molecule has 0 amide bonds. The molecule has 0 aliphatic rings. The van der Waals surface area contributed by atoms with E-state index in [0.29, 0.717) is 0 Å². The van der Waals surface area contributed by atoms with Gasteiger partial charge in [0.2, 0.25) is 0 Å². The number of hydrogen-bond acceptors (Lipinski definition) is 6. The van der Waals surface area contributed by atoms with Crippen LogP contribution in [0.25, 0.3) is 0 Å². The first-order chi connectivity index (χ1) is 5.54. The van der Waals surface area contributed by atoms with Gasteiger partial charge in [0.15, 0.2) is 6.29 Å². The van der Waals surface area contributed by atoms with Gasteiger partial charge < -0.3 is 30.3 Å². The third-order valence-corrected chi connectivity index (χ3v) is 1.42. The number of hydrogen-bond donors (Lipinski definition) is 5. The largest absolute Gasteiger partial charge is 0.394 e. The van der Waals surface area contributed by atoms with E-state index in [-0.39, 0.29) is 17.3 Å². The van der Waals surface area contributed by atoms with E-state index in [1.807, 2.05) is 0 Å². The van der Waals surface area contributed by atoms with Crippen molar-refractivity contribution in [1.82, 2.24) is 0 Å². The fourth-order valence-electron chi connectivity index (χ4n) is 0.618. The van der Waals surface area contributed by atoms with Crippen LogP contribution in [0.15, 0.2) is 0 Å². The molecule has 0 saturated heterocycles. The molecule has 0 aromatic rings. The lowest BCUT2D eigenvalue weighted by Gasteiger charge is -2.22. The van der Waals surface area contributed by atoms with Gasteiger partial charge in [0.25, 0.3) is 0 Å². The van der Waals surface area contributed by atoms with Gasteiger partial charge in [0.1, 0.15) is 24.4 Å². The fourth-order valence-corrected chi connectivity index (χ4v) is 0.618. The molecule has 0 aromatic carbocycles. The average molecular weight is 212 g/mol. The van der Waals surface area contributed by atoms with E-state index >= 15 is 0 Å². The number of rotatable bonds is 5. The van der Waals surface area contributed by atoms with Crippen molar-refractivity contribution in [2.45, 2.75) is 24.4 Å². The van der Waals surface area contributed by atoms with Crippen molar-refractivity contribution in [3.63, 3.8) is 0 Å². The van der Waals surface area contributed by atoms with Crippen molar-refractivity contribution in [3.8, 4) is 0 Å². The third kappa shape index (κ3) is 4.46. The van der Waals surface area contributed by atoms with Gasteiger partial charge in [-0.15, -0.1) is 0 Å². The van der Waals surface area contributed by atoms with Crippen LogP contribution in [0.1, 0.15) is 0 Å². The van der Waals surface area contributed by atoms with E-state index in [4.69, 9.17) is 25.5 Å². The molecule has 0 aromatic heterocycles. The molecule has 0 radical (unpaired) electrons. The Kier molecular flexibility index (Phi) is 8.32. The highest BCUT2D eigenvalue weighted by atomic mass is 28.1. The Balaban J connectivity index is 0. The predicted octanol–water partition coefficient (Wildman–Crippen LogP) is -4.83. The minimum Gasteiger partial charge on any atom is -0.394 e. The highest BCUT2D eigenvalue weighted by molar-refractivity contribution is 5.75. The Morgan fingerprint density at radius 3 is 1.85 bits per heavy atom. The van der Waals surface area contributed by atoms with E-state index < -0.39 is 31.0 Å². The van der Waals surface area contributed by atoms with Crippen molar-refractivity contribution in [3.05, 3.63) is 0 Å². The van der Waals surface area contributed by atoms with Crippen molar-refractivity contribution in [2.75, 3.05) is 6.61 Å². The molecule has 80 valence electrons. The van der Waals surface area contributed by atoms with Crippen molar-refractivity contribution < 1.29 is 30.3 Å². The molecule has 5 N–H and O–H groups in total. The molecule has 0 spiro atoms. The van der Waals surface area contributed by atoms with Gasteiger partial charge in [0.05, 0.1) is 6.61 Å². The van der Waals surface area contributed by atoms with Crippen LogP contribution in [0.3, 0.4) is 0 Å². The van der Waals surface area contributed by atoms with Crippen LogP contribution in [-0.4, -0.2) is 73.8 Å². The maximum atomic E-state index is 9.90. The number of aldehydes is 1. The number of carbonyl (C=O) groups excluding carboxylic acids is 1. The lowest BCUT2D eigenvalue weighted by molar-refractivity contribution is -0.136. The van der Waals surface area contributed by atoms with Crippen molar-refractivity contribution in [1.29, 1.82) is 0 Å². The van der Waals surface area contributed by atoms with Crippen LogP contribution in [-0.2, 0) is 4.79 Å². The zero-order valence-corrected chi connectivity index (χ0v) is 6.24. The molecule has 0 rings (SSSR count). The summed E-state index contributed by atoms with van der Waals surface area (Å²) >= 11 is 0. The van der Waals surface area contributed by atoms with Gasteiger partial charge in [-0.3, -0.25) is 0 Å². The Morgan fingerprint density at radius 2 is 1.54 bits per heavy atom. The second-order valence-corrected chi connectivity index (χ2v) is 2.36. The molecule has 0 aliphatic carbocycles. The molecule has 6 nitrogen and oxygen atoms in total. The Hall–Kier alpha value is -0.313. The van der Waals surface area contributed by atoms with Gasteiger partial charge in [-0.1, -0.05) is 0 Å². The maximum Gasteiger partial charge on any atom is 0.151 e. The first-order valence-electron chi connectivity index (χ1n) is 3.33. The second kappa shape index (κ2) is 7.13. The van der Waals surface area contributed by atoms with Gasteiger partial charge in [0, 0.05) is 0 Å². The molecule has 7 heteroatoms. The number of carbonyl (C=O) groups is 1. The molecule has 0 aliphatic heterocycles. The Morgan fingerprint density at radius 1 is 1.08 bits per heavy atom. The van der Waals surface area contributed by atoms with Crippen LogP contribution >= 0.6 is 0 Å².